The first-order valence-electron chi connectivity index (χ1n) is 7.41. The van der Waals surface area contributed by atoms with Gasteiger partial charge >= 0.3 is 0 Å². The predicted molar refractivity (Wildman–Crippen MR) is 80.9 cm³/mol. The van der Waals surface area contributed by atoms with E-state index in [1.54, 1.807) is 18.2 Å². The fourth-order valence-corrected chi connectivity index (χ4v) is 3.94. The lowest BCUT2D eigenvalue weighted by Gasteiger charge is -2.21. The van der Waals surface area contributed by atoms with Gasteiger partial charge in [-0.15, -0.1) is 0 Å². The van der Waals surface area contributed by atoms with Gasteiger partial charge in [-0.05, 0) is 31.0 Å². The largest absolute Gasteiger partial charge is 0.269 e. The highest BCUT2D eigenvalue weighted by molar-refractivity contribution is 7.84. The smallest absolute Gasteiger partial charge is 0.139 e. The summed E-state index contributed by atoms with van der Waals surface area (Å²) < 4.78 is 27.9. The van der Waals surface area contributed by atoms with Gasteiger partial charge in [0.15, 0.2) is 0 Å². The van der Waals surface area contributed by atoms with E-state index in [4.69, 9.17) is 0 Å². The van der Waals surface area contributed by atoms with Crippen LogP contribution in [0, 0.1) is 5.82 Å². The Hall–Kier alpha value is -1.49. The molecular formula is C16H19FN2OS. The summed E-state index contributed by atoms with van der Waals surface area (Å²) in [6.07, 6.45) is 8.10. The molecule has 1 heterocycles. The molecule has 112 valence electrons. The molecule has 1 aromatic carbocycles. The average Bonchev–Trinajstić information content (AvgIpc) is 2.97. The van der Waals surface area contributed by atoms with Crippen molar-refractivity contribution in [1.29, 1.82) is 0 Å². The Labute approximate surface area is 126 Å². The molecule has 1 aliphatic carbocycles. The molecule has 0 amide bonds. The molecule has 0 spiro atoms. The van der Waals surface area contributed by atoms with Crippen LogP contribution in [0.1, 0.15) is 43.8 Å². The Morgan fingerprint density at radius 2 is 1.95 bits per heavy atom. The molecule has 1 aliphatic rings. The molecule has 1 unspecified atom stereocenters. The molecule has 2 aromatic rings. The Morgan fingerprint density at radius 3 is 2.71 bits per heavy atom. The fraction of sp³-hybridized carbons (Fsp3) is 0.438. The van der Waals surface area contributed by atoms with Gasteiger partial charge in [0.25, 0.3) is 0 Å². The summed E-state index contributed by atoms with van der Waals surface area (Å²) in [4.78, 5) is 0.254. The third-order valence-corrected chi connectivity index (χ3v) is 5.35. The second-order valence-electron chi connectivity index (χ2n) is 5.50. The fourth-order valence-electron chi connectivity index (χ4n) is 2.84. The predicted octanol–water partition coefficient (Wildman–Crippen LogP) is 3.84. The van der Waals surface area contributed by atoms with Crippen molar-refractivity contribution >= 4 is 10.8 Å². The lowest BCUT2D eigenvalue weighted by molar-refractivity contribution is 0.328. The van der Waals surface area contributed by atoms with Gasteiger partial charge in [-0.3, -0.25) is 8.89 Å². The van der Waals surface area contributed by atoms with Crippen molar-refractivity contribution in [2.24, 2.45) is 0 Å². The van der Waals surface area contributed by atoms with Crippen LogP contribution in [0.15, 0.2) is 41.4 Å². The zero-order chi connectivity index (χ0) is 14.7. The third-order valence-electron chi connectivity index (χ3n) is 3.97. The van der Waals surface area contributed by atoms with Crippen LogP contribution in [0.4, 0.5) is 4.39 Å². The molecule has 0 saturated heterocycles. The molecule has 0 bridgehead atoms. The van der Waals surface area contributed by atoms with E-state index in [0.717, 1.165) is 18.5 Å². The molecule has 0 radical (unpaired) electrons. The van der Waals surface area contributed by atoms with Gasteiger partial charge in [0.1, 0.15) is 5.82 Å². The van der Waals surface area contributed by atoms with E-state index in [-0.39, 0.29) is 10.6 Å². The highest BCUT2D eigenvalue weighted by atomic mass is 32.2. The highest BCUT2D eigenvalue weighted by Crippen LogP contribution is 2.27. The quantitative estimate of drug-likeness (QED) is 0.860. The summed E-state index contributed by atoms with van der Waals surface area (Å²) >= 11 is 0. The summed E-state index contributed by atoms with van der Waals surface area (Å²) in [6, 6.07) is 8.59. The second-order valence-corrected chi connectivity index (χ2v) is 6.92. The van der Waals surface area contributed by atoms with E-state index in [0.29, 0.717) is 6.04 Å². The van der Waals surface area contributed by atoms with Gasteiger partial charge in [-0.25, -0.2) is 4.39 Å². The van der Waals surface area contributed by atoms with Gasteiger partial charge in [-0.2, -0.15) is 5.10 Å². The summed E-state index contributed by atoms with van der Waals surface area (Å²) in [6.45, 7) is 0. The Kier molecular flexibility index (Phi) is 4.48. The lowest BCUT2D eigenvalue weighted by atomic mass is 9.96. The van der Waals surface area contributed by atoms with Crippen molar-refractivity contribution in [3.05, 3.63) is 48.0 Å². The number of halogens is 1. The molecule has 0 aliphatic heterocycles. The number of hydrogen-bond donors (Lipinski definition) is 0. The number of aromatic nitrogens is 2. The van der Waals surface area contributed by atoms with Crippen molar-refractivity contribution in [3.63, 3.8) is 0 Å². The SMILES string of the molecule is O=S(Cc1ccn(C2CCCCC2)n1)c1ccccc1F. The summed E-state index contributed by atoms with van der Waals surface area (Å²) in [5, 5.41) is 4.53. The Bertz CT molecular complexity index is 635. The van der Waals surface area contributed by atoms with Crippen molar-refractivity contribution in [2.45, 2.75) is 48.8 Å². The van der Waals surface area contributed by atoms with Gasteiger partial charge in [0, 0.05) is 6.20 Å². The first-order chi connectivity index (χ1) is 10.2. The van der Waals surface area contributed by atoms with Crippen LogP contribution in [-0.4, -0.2) is 14.0 Å². The zero-order valence-corrected chi connectivity index (χ0v) is 12.7. The molecule has 1 saturated carbocycles. The number of nitrogens with zero attached hydrogens (tertiary/aromatic N) is 2. The van der Waals surface area contributed by atoms with Gasteiger partial charge in [0.05, 0.1) is 33.2 Å². The molecule has 5 heteroatoms. The van der Waals surface area contributed by atoms with Gasteiger partial charge < -0.3 is 0 Å². The summed E-state index contributed by atoms with van der Waals surface area (Å²) in [7, 11) is -1.39. The minimum Gasteiger partial charge on any atom is -0.269 e. The summed E-state index contributed by atoms with van der Waals surface area (Å²) in [5.74, 6) is -0.150. The lowest BCUT2D eigenvalue weighted by Crippen LogP contribution is -2.13. The first kappa shape index (κ1) is 14.4. The van der Waals surface area contributed by atoms with E-state index >= 15 is 0 Å². The summed E-state index contributed by atoms with van der Waals surface area (Å²) in [5.41, 5.74) is 0.766. The monoisotopic (exact) mass is 306 g/mol. The maximum atomic E-state index is 13.6. The minimum absolute atomic E-state index is 0.254. The normalized spacial score (nSPS) is 17.8. The van der Waals surface area contributed by atoms with Crippen LogP contribution in [0.25, 0.3) is 0 Å². The van der Waals surface area contributed by atoms with E-state index in [2.05, 4.69) is 5.10 Å². The van der Waals surface area contributed by atoms with Crippen LogP contribution in [0.3, 0.4) is 0 Å². The highest BCUT2D eigenvalue weighted by Gasteiger charge is 2.17. The molecule has 1 atom stereocenters. The number of benzene rings is 1. The molecule has 0 N–H and O–H groups in total. The van der Waals surface area contributed by atoms with Crippen molar-refractivity contribution in [1.82, 2.24) is 9.78 Å². The van der Waals surface area contributed by atoms with E-state index in [1.165, 1.54) is 25.3 Å². The van der Waals surface area contributed by atoms with Crippen LogP contribution in [0.2, 0.25) is 0 Å². The van der Waals surface area contributed by atoms with Gasteiger partial charge in [0.2, 0.25) is 0 Å². The van der Waals surface area contributed by atoms with Crippen LogP contribution < -0.4 is 0 Å². The molecule has 1 aromatic heterocycles. The van der Waals surface area contributed by atoms with E-state index < -0.39 is 16.6 Å². The van der Waals surface area contributed by atoms with Crippen molar-refractivity contribution in [3.8, 4) is 0 Å². The first-order valence-corrected chi connectivity index (χ1v) is 8.73. The molecule has 3 rings (SSSR count). The number of hydrogen-bond acceptors (Lipinski definition) is 2. The Balaban J connectivity index is 1.69. The van der Waals surface area contributed by atoms with Crippen LogP contribution in [-0.2, 0) is 16.6 Å². The molecule has 21 heavy (non-hydrogen) atoms. The second kappa shape index (κ2) is 6.52. The molecule has 1 fully saturated rings. The Morgan fingerprint density at radius 1 is 1.19 bits per heavy atom. The minimum atomic E-state index is -1.39. The molecule has 3 nitrogen and oxygen atoms in total. The molecular weight excluding hydrogens is 287 g/mol. The zero-order valence-electron chi connectivity index (χ0n) is 11.9. The van der Waals surface area contributed by atoms with Crippen molar-refractivity contribution in [2.75, 3.05) is 0 Å². The van der Waals surface area contributed by atoms with Crippen LogP contribution >= 0.6 is 0 Å². The van der Waals surface area contributed by atoms with Crippen molar-refractivity contribution < 1.29 is 8.60 Å². The average molecular weight is 306 g/mol. The maximum Gasteiger partial charge on any atom is 0.139 e. The topological polar surface area (TPSA) is 34.9 Å². The maximum absolute atomic E-state index is 13.6. The standard InChI is InChI=1S/C16H19FN2OS/c17-15-8-4-5-9-16(15)21(20)12-13-10-11-19(18-13)14-6-2-1-3-7-14/h4-5,8-11,14H,1-3,6-7,12H2. The van der Waals surface area contributed by atoms with Gasteiger partial charge in [-0.1, -0.05) is 31.4 Å². The third kappa shape index (κ3) is 3.40. The number of rotatable bonds is 4. The van der Waals surface area contributed by atoms with E-state index in [9.17, 15) is 8.60 Å². The van der Waals surface area contributed by atoms with E-state index in [1.807, 2.05) is 16.9 Å². The van der Waals surface area contributed by atoms with Crippen LogP contribution in [0.5, 0.6) is 0 Å².